The third kappa shape index (κ3) is 1.60. The Hall–Kier alpha value is 0.560. The molecule has 0 aromatic heterocycles. The molecule has 0 fully saturated rings. The Morgan fingerprint density at radius 2 is 1.83 bits per heavy atom. The van der Waals surface area contributed by atoms with Gasteiger partial charge in [0.05, 0.1) is 15.1 Å². The molecule has 0 radical (unpaired) electrons. The molecule has 2 N–H and O–H groups in total. The van der Waals surface area contributed by atoms with Crippen LogP contribution in [0, 0.1) is 0 Å². The summed E-state index contributed by atoms with van der Waals surface area (Å²) in [5.41, 5.74) is 0. The van der Waals surface area contributed by atoms with Gasteiger partial charge >= 0.3 is 0 Å². The lowest BCUT2D eigenvalue weighted by Crippen LogP contribution is -2.38. The van der Waals surface area contributed by atoms with Crippen molar-refractivity contribution in [1.82, 2.24) is 0 Å². The number of aliphatic hydroxyl groups excluding tert-OH is 1. The Labute approximate surface area is 89.0 Å². The molecule has 1 aliphatic rings. The van der Waals surface area contributed by atoms with Gasteiger partial charge in [-0.1, -0.05) is 46.4 Å². The molecule has 12 heavy (non-hydrogen) atoms. The van der Waals surface area contributed by atoms with E-state index in [1.165, 1.54) is 0 Å². The van der Waals surface area contributed by atoms with Crippen molar-refractivity contribution in [2.45, 2.75) is 11.2 Å². The van der Waals surface area contributed by atoms with Crippen molar-refractivity contribution >= 4 is 46.4 Å². The fourth-order valence-electron chi connectivity index (χ4n) is 0.711. The van der Waals surface area contributed by atoms with E-state index in [1.54, 1.807) is 0 Å². The van der Waals surface area contributed by atoms with Crippen LogP contribution in [0.1, 0.15) is 0 Å². The summed E-state index contributed by atoms with van der Waals surface area (Å²) in [5.74, 6) is 0. The highest BCUT2D eigenvalue weighted by Gasteiger charge is 2.41. The first-order valence-electron chi connectivity index (χ1n) is 2.90. The molecule has 0 bridgehead atoms. The van der Waals surface area contributed by atoms with Crippen molar-refractivity contribution in [2.75, 3.05) is 0 Å². The Morgan fingerprint density at radius 3 is 2.33 bits per heavy atom. The van der Waals surface area contributed by atoms with Gasteiger partial charge in [-0.25, -0.2) is 0 Å². The van der Waals surface area contributed by atoms with Gasteiger partial charge in [0.2, 0.25) is 5.06 Å². The van der Waals surface area contributed by atoms with Crippen molar-refractivity contribution in [2.24, 2.45) is 0 Å². The zero-order chi connectivity index (χ0) is 9.52. The highest BCUT2D eigenvalue weighted by molar-refractivity contribution is 6.50. The zero-order valence-corrected chi connectivity index (χ0v) is 8.58. The average Bonchev–Trinajstić information content (AvgIpc) is 1.99. The lowest BCUT2D eigenvalue weighted by molar-refractivity contribution is 0.0439. The van der Waals surface area contributed by atoms with Crippen LogP contribution in [0.5, 0.6) is 0 Å². The van der Waals surface area contributed by atoms with E-state index in [0.29, 0.717) is 0 Å². The van der Waals surface area contributed by atoms with E-state index in [9.17, 15) is 10.2 Å². The van der Waals surface area contributed by atoms with E-state index < -0.39 is 11.2 Å². The first kappa shape index (κ1) is 10.6. The van der Waals surface area contributed by atoms with Crippen LogP contribution in [0.15, 0.2) is 21.2 Å². The fourth-order valence-corrected chi connectivity index (χ4v) is 1.60. The molecule has 0 heterocycles. The van der Waals surface area contributed by atoms with Crippen LogP contribution < -0.4 is 0 Å². The summed E-state index contributed by atoms with van der Waals surface area (Å²) < 4.78 is 0. The molecule has 0 saturated heterocycles. The van der Waals surface area contributed by atoms with Gasteiger partial charge in [-0.2, -0.15) is 0 Å². The molecule has 0 aromatic rings. The summed E-state index contributed by atoms with van der Waals surface area (Å²) in [4.78, 5) is 0. The maximum Gasteiger partial charge on any atom is 0.206 e. The van der Waals surface area contributed by atoms with E-state index in [2.05, 4.69) is 0 Å². The molecular weight excluding hydrogens is 246 g/mol. The summed E-state index contributed by atoms with van der Waals surface area (Å²) in [6, 6.07) is 0. The number of alkyl halides is 1. The first-order valence-corrected chi connectivity index (χ1v) is 4.41. The largest absolute Gasteiger partial charge is 0.384 e. The van der Waals surface area contributed by atoms with Gasteiger partial charge in [-0.05, 0) is 6.08 Å². The maximum absolute atomic E-state index is 9.34. The summed E-state index contributed by atoms with van der Waals surface area (Å²) in [6.07, 6.45) is -0.246. The minimum absolute atomic E-state index is 0.0545. The molecule has 0 saturated carbocycles. The second-order valence-corrected chi connectivity index (χ2v) is 4.00. The maximum atomic E-state index is 9.34. The van der Waals surface area contributed by atoms with E-state index >= 15 is 0 Å². The fraction of sp³-hybridized carbons (Fsp3) is 0.333. The number of aliphatic hydroxyl groups is 2. The van der Waals surface area contributed by atoms with Gasteiger partial charge in [0.1, 0.15) is 6.10 Å². The molecule has 2 nitrogen and oxygen atoms in total. The van der Waals surface area contributed by atoms with Gasteiger partial charge in [-0.3, -0.25) is 0 Å². The number of hydrogen-bond donors (Lipinski definition) is 2. The Balaban J connectivity index is 3.18. The number of hydrogen-bond acceptors (Lipinski definition) is 2. The third-order valence-electron chi connectivity index (χ3n) is 1.41. The van der Waals surface area contributed by atoms with Gasteiger partial charge < -0.3 is 10.2 Å². The molecular formula is C6H4Cl4O2. The van der Waals surface area contributed by atoms with E-state index in [1.807, 2.05) is 0 Å². The van der Waals surface area contributed by atoms with Crippen LogP contribution in [0.4, 0.5) is 0 Å². The van der Waals surface area contributed by atoms with Crippen LogP contribution in [-0.2, 0) is 0 Å². The lowest BCUT2D eigenvalue weighted by Gasteiger charge is -2.28. The summed E-state index contributed by atoms with van der Waals surface area (Å²) >= 11 is 22.1. The molecule has 2 atom stereocenters. The van der Waals surface area contributed by atoms with Crippen LogP contribution in [0.3, 0.4) is 0 Å². The number of rotatable bonds is 0. The van der Waals surface area contributed by atoms with Crippen LogP contribution in [0.25, 0.3) is 0 Å². The van der Waals surface area contributed by atoms with Crippen molar-refractivity contribution in [3.8, 4) is 0 Å². The molecule has 1 aliphatic carbocycles. The molecule has 68 valence electrons. The predicted octanol–water partition coefficient (Wildman–Crippen LogP) is 2.10. The minimum atomic E-state index is -2.07. The van der Waals surface area contributed by atoms with E-state index in [4.69, 9.17) is 46.4 Å². The number of halogens is 4. The van der Waals surface area contributed by atoms with Gasteiger partial charge in [0.15, 0.2) is 0 Å². The van der Waals surface area contributed by atoms with Gasteiger partial charge in [0, 0.05) is 0 Å². The van der Waals surface area contributed by atoms with Crippen LogP contribution in [0.2, 0.25) is 0 Å². The van der Waals surface area contributed by atoms with Crippen LogP contribution >= 0.6 is 46.4 Å². The third-order valence-corrected chi connectivity index (χ3v) is 3.29. The topological polar surface area (TPSA) is 40.5 Å². The second-order valence-electron chi connectivity index (χ2n) is 2.26. The summed E-state index contributed by atoms with van der Waals surface area (Å²) in [7, 11) is 0. The van der Waals surface area contributed by atoms with Crippen molar-refractivity contribution < 1.29 is 10.2 Å². The van der Waals surface area contributed by atoms with Crippen molar-refractivity contribution in [3.05, 3.63) is 21.2 Å². The minimum Gasteiger partial charge on any atom is -0.384 e. The van der Waals surface area contributed by atoms with Gasteiger partial charge in [-0.15, -0.1) is 0 Å². The summed E-state index contributed by atoms with van der Waals surface area (Å²) in [6.45, 7) is 0. The Bertz CT molecular complexity index is 269. The zero-order valence-electron chi connectivity index (χ0n) is 5.56. The van der Waals surface area contributed by atoms with E-state index in [0.717, 1.165) is 6.08 Å². The molecule has 2 unspecified atom stereocenters. The van der Waals surface area contributed by atoms with E-state index in [-0.39, 0.29) is 15.1 Å². The molecule has 0 aliphatic heterocycles. The molecule has 0 spiro atoms. The average molecular weight is 250 g/mol. The monoisotopic (exact) mass is 248 g/mol. The smallest absolute Gasteiger partial charge is 0.206 e. The van der Waals surface area contributed by atoms with Gasteiger partial charge in [0.25, 0.3) is 0 Å². The standard InChI is InChI=1S/C6H4Cl4O2/c7-2-1-3(11)6(10,12)5(9)4(2)8/h1,3,11-12H. The molecule has 6 heteroatoms. The molecule has 0 aromatic carbocycles. The Kier molecular flexibility index (Phi) is 2.99. The lowest BCUT2D eigenvalue weighted by atomic mass is 10.1. The highest BCUT2D eigenvalue weighted by atomic mass is 35.5. The molecule has 1 rings (SSSR count). The van der Waals surface area contributed by atoms with Crippen molar-refractivity contribution in [3.63, 3.8) is 0 Å². The Morgan fingerprint density at radius 1 is 1.33 bits per heavy atom. The van der Waals surface area contributed by atoms with Crippen LogP contribution in [-0.4, -0.2) is 21.4 Å². The second kappa shape index (κ2) is 3.37. The highest BCUT2D eigenvalue weighted by Crippen LogP contribution is 2.41. The van der Waals surface area contributed by atoms with Crippen molar-refractivity contribution in [1.29, 1.82) is 0 Å². The first-order chi connectivity index (χ1) is 5.37. The summed E-state index contributed by atoms with van der Waals surface area (Å²) in [5, 5.41) is 16.2. The predicted molar refractivity (Wildman–Crippen MR) is 49.5 cm³/mol. The molecule has 0 amide bonds. The quantitative estimate of drug-likeness (QED) is 0.646. The number of allylic oxidation sites excluding steroid dienone is 2. The normalized spacial score (nSPS) is 36.8. The SMILES string of the molecule is OC1C=C(Cl)C(Cl)=C(Cl)C1(O)Cl.